The van der Waals surface area contributed by atoms with Crippen LogP contribution in [0.3, 0.4) is 0 Å². The molecule has 0 saturated carbocycles. The third-order valence-corrected chi connectivity index (χ3v) is 7.85. The molecule has 5 rings (SSSR count). The van der Waals surface area contributed by atoms with Crippen LogP contribution in [0.15, 0.2) is 83.3 Å². The molecule has 0 bridgehead atoms. The van der Waals surface area contributed by atoms with Gasteiger partial charge in [0.2, 0.25) is 0 Å². The number of halogens is 2. The predicted octanol–water partition coefficient (Wildman–Crippen LogP) is 8.89. The van der Waals surface area contributed by atoms with Gasteiger partial charge in [-0.15, -0.1) is 11.3 Å². The summed E-state index contributed by atoms with van der Waals surface area (Å²) in [5.74, 6) is 1.37. The van der Waals surface area contributed by atoms with Crippen LogP contribution in [-0.4, -0.2) is 12.1 Å². The van der Waals surface area contributed by atoms with Crippen LogP contribution < -0.4 is 14.8 Å². The van der Waals surface area contributed by atoms with E-state index < -0.39 is 0 Å². The molecule has 7 heteroatoms. The Kier molecular flexibility index (Phi) is 7.46. The van der Waals surface area contributed by atoms with Crippen LogP contribution in [0.4, 0.5) is 5.69 Å². The van der Waals surface area contributed by atoms with Gasteiger partial charge < -0.3 is 14.8 Å². The second-order valence-electron chi connectivity index (χ2n) is 8.40. The smallest absolute Gasteiger partial charge is 0.167 e. The summed E-state index contributed by atoms with van der Waals surface area (Å²) in [5, 5.41) is 5.22. The van der Waals surface area contributed by atoms with Gasteiger partial charge in [-0.3, -0.25) is 0 Å². The Labute approximate surface area is 228 Å². The molecule has 0 atom stereocenters. The number of fused-ring (bicyclic) bond motifs is 1. The first-order valence-corrected chi connectivity index (χ1v) is 13.4. The molecule has 5 aromatic rings. The van der Waals surface area contributed by atoms with Gasteiger partial charge in [0, 0.05) is 32.9 Å². The number of aryl methyl sites for hydroxylation is 1. The highest BCUT2D eigenvalue weighted by molar-refractivity contribution is 9.10. The third kappa shape index (κ3) is 5.51. The maximum atomic E-state index is 6.22. The zero-order valence-corrected chi connectivity index (χ0v) is 23.0. The van der Waals surface area contributed by atoms with Gasteiger partial charge in [0.25, 0.3) is 0 Å². The quantitative estimate of drug-likeness (QED) is 0.199. The lowest BCUT2D eigenvalue weighted by molar-refractivity contribution is 0.281. The zero-order valence-electron chi connectivity index (χ0n) is 19.8. The molecule has 0 saturated heterocycles. The molecule has 1 aromatic heterocycles. The van der Waals surface area contributed by atoms with Gasteiger partial charge in [0.15, 0.2) is 11.5 Å². The molecule has 0 aliphatic heterocycles. The Morgan fingerprint density at radius 2 is 1.83 bits per heavy atom. The highest BCUT2D eigenvalue weighted by Gasteiger charge is 2.15. The van der Waals surface area contributed by atoms with E-state index in [0.29, 0.717) is 29.7 Å². The molecular weight excluding hydrogens is 556 g/mol. The van der Waals surface area contributed by atoms with Crippen molar-refractivity contribution in [1.82, 2.24) is 4.98 Å². The molecule has 182 valence electrons. The van der Waals surface area contributed by atoms with Crippen molar-refractivity contribution in [2.45, 2.75) is 20.1 Å². The topological polar surface area (TPSA) is 43.4 Å². The normalized spacial score (nSPS) is 11.0. The van der Waals surface area contributed by atoms with E-state index in [9.17, 15) is 0 Å². The zero-order chi connectivity index (χ0) is 25.1. The van der Waals surface area contributed by atoms with Crippen molar-refractivity contribution in [3.05, 3.63) is 105 Å². The summed E-state index contributed by atoms with van der Waals surface area (Å²) >= 11 is 11.5. The van der Waals surface area contributed by atoms with Gasteiger partial charge in [-0.1, -0.05) is 45.7 Å². The van der Waals surface area contributed by atoms with E-state index in [-0.39, 0.29) is 0 Å². The van der Waals surface area contributed by atoms with Crippen molar-refractivity contribution in [3.63, 3.8) is 0 Å². The number of anilines is 1. The Hall–Kier alpha value is -3.06. The largest absolute Gasteiger partial charge is 0.493 e. The molecule has 36 heavy (non-hydrogen) atoms. The fourth-order valence-corrected chi connectivity index (χ4v) is 5.66. The first-order chi connectivity index (χ1) is 17.5. The fourth-order valence-electron chi connectivity index (χ4n) is 3.92. The molecule has 0 amide bonds. The van der Waals surface area contributed by atoms with Crippen molar-refractivity contribution in [1.29, 1.82) is 0 Å². The van der Waals surface area contributed by atoms with E-state index in [1.165, 1.54) is 10.3 Å². The molecule has 1 N–H and O–H groups in total. The summed E-state index contributed by atoms with van der Waals surface area (Å²) in [5.41, 5.74) is 6.36. The van der Waals surface area contributed by atoms with Gasteiger partial charge in [-0.05, 0) is 78.7 Å². The van der Waals surface area contributed by atoms with Gasteiger partial charge in [-0.25, -0.2) is 4.98 Å². The fraction of sp³-hybridized carbons (Fsp3) is 0.138. The third-order valence-electron chi connectivity index (χ3n) is 5.80. The Morgan fingerprint density at radius 3 is 2.61 bits per heavy atom. The number of nitrogens with zero attached hydrogens (tertiary/aromatic N) is 1. The first kappa shape index (κ1) is 24.6. The number of nitrogens with one attached hydrogen (secondary N) is 1. The van der Waals surface area contributed by atoms with Crippen LogP contribution in [0.1, 0.15) is 16.7 Å². The second-order valence-corrected chi connectivity index (χ2v) is 10.7. The number of benzene rings is 4. The monoisotopic (exact) mass is 578 g/mol. The maximum Gasteiger partial charge on any atom is 0.167 e. The Morgan fingerprint density at radius 1 is 1.00 bits per heavy atom. The molecule has 4 nitrogen and oxygen atoms in total. The number of hydrogen-bond acceptors (Lipinski definition) is 5. The molecule has 0 aliphatic carbocycles. The number of aromatic nitrogens is 1. The molecule has 0 radical (unpaired) electrons. The van der Waals surface area contributed by atoms with E-state index in [2.05, 4.69) is 70.6 Å². The highest BCUT2D eigenvalue weighted by Crippen LogP contribution is 2.38. The van der Waals surface area contributed by atoms with Crippen LogP contribution in [-0.2, 0) is 13.2 Å². The van der Waals surface area contributed by atoms with E-state index in [4.69, 9.17) is 26.1 Å². The van der Waals surface area contributed by atoms with Crippen LogP contribution >= 0.6 is 38.9 Å². The lowest BCUT2D eigenvalue weighted by Gasteiger charge is -2.18. The Balaban J connectivity index is 1.33. The SMILES string of the molecule is COc1ccc(Br)c(CNc2ccc(-c3nc4ccc(C)cc4s3)cc2)c1OCc1cccc(Cl)c1. The molecule has 0 spiro atoms. The molecule has 4 aromatic carbocycles. The molecule has 0 fully saturated rings. The van der Waals surface area contributed by atoms with E-state index in [0.717, 1.165) is 37.4 Å². The summed E-state index contributed by atoms with van der Waals surface area (Å²) in [6.07, 6.45) is 0. The summed E-state index contributed by atoms with van der Waals surface area (Å²) in [6.45, 7) is 3.05. The summed E-state index contributed by atoms with van der Waals surface area (Å²) < 4.78 is 14.0. The molecule has 0 aliphatic rings. The Bertz CT molecular complexity index is 1520. The van der Waals surface area contributed by atoms with Gasteiger partial charge in [-0.2, -0.15) is 0 Å². The second kappa shape index (κ2) is 10.9. The van der Waals surface area contributed by atoms with Gasteiger partial charge in [0.05, 0.1) is 17.3 Å². The predicted molar refractivity (Wildman–Crippen MR) is 154 cm³/mol. The minimum Gasteiger partial charge on any atom is -0.493 e. The van der Waals surface area contributed by atoms with Crippen LogP contribution in [0.5, 0.6) is 11.5 Å². The van der Waals surface area contributed by atoms with Crippen molar-refractivity contribution >= 4 is 54.8 Å². The van der Waals surface area contributed by atoms with Crippen LogP contribution in [0, 0.1) is 6.92 Å². The number of hydrogen-bond donors (Lipinski definition) is 1. The van der Waals surface area contributed by atoms with Gasteiger partial charge in [0.1, 0.15) is 11.6 Å². The number of ether oxygens (including phenoxy) is 2. The number of methoxy groups -OCH3 is 1. The minimum absolute atomic E-state index is 0.386. The molecule has 1 heterocycles. The van der Waals surface area contributed by atoms with Gasteiger partial charge >= 0.3 is 0 Å². The first-order valence-electron chi connectivity index (χ1n) is 11.4. The summed E-state index contributed by atoms with van der Waals surface area (Å²) in [4.78, 5) is 4.79. The van der Waals surface area contributed by atoms with E-state index >= 15 is 0 Å². The van der Waals surface area contributed by atoms with Crippen molar-refractivity contribution in [2.75, 3.05) is 12.4 Å². The molecular formula is C29H24BrClN2O2S. The van der Waals surface area contributed by atoms with Crippen molar-refractivity contribution in [3.8, 4) is 22.1 Å². The van der Waals surface area contributed by atoms with Crippen LogP contribution in [0.25, 0.3) is 20.8 Å². The average molecular weight is 580 g/mol. The maximum absolute atomic E-state index is 6.22. The van der Waals surface area contributed by atoms with Crippen molar-refractivity contribution < 1.29 is 9.47 Å². The average Bonchev–Trinajstić information content (AvgIpc) is 3.30. The van der Waals surface area contributed by atoms with E-state index in [1.807, 2.05) is 36.4 Å². The van der Waals surface area contributed by atoms with Crippen molar-refractivity contribution in [2.24, 2.45) is 0 Å². The summed E-state index contributed by atoms with van der Waals surface area (Å²) in [7, 11) is 1.65. The number of thiazole rings is 1. The standard InChI is InChI=1S/C29H24BrClN2O2S/c1-18-6-12-25-27(14-18)36-29(33-25)20-7-9-22(10-8-20)32-16-23-24(30)11-13-26(34-2)28(23)35-17-19-4-3-5-21(31)15-19/h3-15,32H,16-17H2,1-2H3. The van der Waals surface area contributed by atoms with Crippen LogP contribution in [0.2, 0.25) is 5.02 Å². The number of rotatable bonds is 8. The lowest BCUT2D eigenvalue weighted by atomic mass is 10.1. The van der Waals surface area contributed by atoms with E-state index in [1.54, 1.807) is 18.4 Å². The summed E-state index contributed by atoms with van der Waals surface area (Å²) in [6, 6.07) is 26.2. The molecule has 0 unspecified atom stereocenters. The lowest BCUT2D eigenvalue weighted by Crippen LogP contribution is -2.06. The highest BCUT2D eigenvalue weighted by atomic mass is 79.9. The minimum atomic E-state index is 0.386.